The number of hydrogen-bond acceptors (Lipinski definition) is 3. The first-order chi connectivity index (χ1) is 6.24. The first-order valence-corrected chi connectivity index (χ1v) is 4.49. The summed E-state index contributed by atoms with van der Waals surface area (Å²) in [4.78, 5) is 10.9. The SMILES string of the molecule is CC1OCCC1CNC(=O)CC#N. The van der Waals surface area contributed by atoms with Crippen molar-refractivity contribution in [1.29, 1.82) is 5.26 Å². The van der Waals surface area contributed by atoms with Gasteiger partial charge >= 0.3 is 0 Å². The Morgan fingerprint density at radius 1 is 1.77 bits per heavy atom. The summed E-state index contributed by atoms with van der Waals surface area (Å²) in [5, 5.41) is 11.0. The molecule has 1 fully saturated rings. The van der Waals surface area contributed by atoms with E-state index in [0.29, 0.717) is 12.5 Å². The van der Waals surface area contributed by atoms with E-state index in [1.165, 1.54) is 0 Å². The lowest BCUT2D eigenvalue weighted by Crippen LogP contribution is -2.31. The normalized spacial score (nSPS) is 26.8. The number of nitriles is 1. The van der Waals surface area contributed by atoms with Gasteiger partial charge in [0.25, 0.3) is 0 Å². The van der Waals surface area contributed by atoms with E-state index in [1.807, 2.05) is 13.0 Å². The highest BCUT2D eigenvalue weighted by atomic mass is 16.5. The molecule has 1 heterocycles. The van der Waals surface area contributed by atoms with Crippen molar-refractivity contribution in [3.63, 3.8) is 0 Å². The Morgan fingerprint density at radius 2 is 2.54 bits per heavy atom. The average molecular weight is 182 g/mol. The highest BCUT2D eigenvalue weighted by Gasteiger charge is 2.24. The van der Waals surface area contributed by atoms with Gasteiger partial charge in [0, 0.05) is 19.1 Å². The fourth-order valence-corrected chi connectivity index (χ4v) is 1.42. The van der Waals surface area contributed by atoms with Crippen LogP contribution in [0, 0.1) is 17.2 Å². The Morgan fingerprint density at radius 3 is 3.08 bits per heavy atom. The molecule has 1 saturated heterocycles. The molecule has 1 amide bonds. The third-order valence-electron chi connectivity index (χ3n) is 2.33. The molecule has 4 nitrogen and oxygen atoms in total. The second-order valence-electron chi connectivity index (χ2n) is 3.26. The second-order valence-corrected chi connectivity index (χ2v) is 3.26. The first kappa shape index (κ1) is 10.0. The number of rotatable bonds is 3. The standard InChI is InChI=1S/C9H14N2O2/c1-7-8(3-5-13-7)6-11-9(12)2-4-10/h7-8H,2-3,5-6H2,1H3,(H,11,12). The van der Waals surface area contributed by atoms with Crippen molar-refractivity contribution in [3.8, 4) is 6.07 Å². The summed E-state index contributed by atoms with van der Waals surface area (Å²) in [5.74, 6) is 0.212. The van der Waals surface area contributed by atoms with Gasteiger partial charge in [0.15, 0.2) is 0 Å². The minimum absolute atomic E-state index is 0.0536. The van der Waals surface area contributed by atoms with E-state index in [0.717, 1.165) is 13.0 Å². The van der Waals surface area contributed by atoms with Gasteiger partial charge in [-0.1, -0.05) is 0 Å². The summed E-state index contributed by atoms with van der Waals surface area (Å²) >= 11 is 0. The van der Waals surface area contributed by atoms with Gasteiger partial charge in [0.2, 0.25) is 5.91 Å². The summed E-state index contributed by atoms with van der Waals surface area (Å²) in [6.45, 7) is 3.41. The van der Waals surface area contributed by atoms with Crippen molar-refractivity contribution >= 4 is 5.91 Å². The smallest absolute Gasteiger partial charge is 0.234 e. The van der Waals surface area contributed by atoms with E-state index in [2.05, 4.69) is 5.32 Å². The topological polar surface area (TPSA) is 62.1 Å². The van der Waals surface area contributed by atoms with E-state index in [4.69, 9.17) is 10.00 Å². The number of carbonyl (C=O) groups excluding carboxylic acids is 1. The van der Waals surface area contributed by atoms with Gasteiger partial charge in [0.05, 0.1) is 12.2 Å². The number of nitrogens with zero attached hydrogens (tertiary/aromatic N) is 1. The van der Waals surface area contributed by atoms with Crippen LogP contribution >= 0.6 is 0 Å². The summed E-state index contributed by atoms with van der Waals surface area (Å²) in [6, 6.07) is 1.81. The van der Waals surface area contributed by atoms with E-state index < -0.39 is 0 Å². The highest BCUT2D eigenvalue weighted by Crippen LogP contribution is 2.19. The molecule has 4 heteroatoms. The molecule has 0 aliphatic carbocycles. The Bertz CT molecular complexity index is 222. The van der Waals surface area contributed by atoms with Crippen LogP contribution in [0.3, 0.4) is 0 Å². The Balaban J connectivity index is 2.19. The van der Waals surface area contributed by atoms with E-state index in [1.54, 1.807) is 0 Å². The molecule has 0 bridgehead atoms. The number of carbonyl (C=O) groups is 1. The lowest BCUT2D eigenvalue weighted by molar-refractivity contribution is -0.120. The van der Waals surface area contributed by atoms with Crippen LogP contribution in [0.1, 0.15) is 19.8 Å². The molecule has 2 unspecified atom stereocenters. The number of ether oxygens (including phenoxy) is 1. The number of hydrogen-bond donors (Lipinski definition) is 1. The monoisotopic (exact) mass is 182 g/mol. The molecule has 0 saturated carbocycles. The van der Waals surface area contributed by atoms with E-state index in [9.17, 15) is 4.79 Å². The Labute approximate surface area is 77.9 Å². The summed E-state index contributed by atoms with van der Waals surface area (Å²) in [5.41, 5.74) is 0. The summed E-state index contributed by atoms with van der Waals surface area (Å²) in [7, 11) is 0. The minimum Gasteiger partial charge on any atom is -0.378 e. The molecule has 0 aromatic heterocycles. The third kappa shape index (κ3) is 3.03. The predicted molar refractivity (Wildman–Crippen MR) is 46.8 cm³/mol. The van der Waals surface area contributed by atoms with E-state index >= 15 is 0 Å². The van der Waals surface area contributed by atoms with Crippen molar-refractivity contribution in [1.82, 2.24) is 5.32 Å². The van der Waals surface area contributed by atoms with Crippen LogP contribution in [-0.2, 0) is 9.53 Å². The van der Waals surface area contributed by atoms with Crippen LogP contribution in [-0.4, -0.2) is 25.2 Å². The minimum atomic E-state index is -0.193. The Hall–Kier alpha value is -1.08. The maximum atomic E-state index is 10.9. The number of amides is 1. The fourth-order valence-electron chi connectivity index (χ4n) is 1.42. The van der Waals surface area contributed by atoms with Gasteiger partial charge in [-0.05, 0) is 13.3 Å². The quantitative estimate of drug-likeness (QED) is 0.689. The molecule has 13 heavy (non-hydrogen) atoms. The molecule has 2 atom stereocenters. The molecule has 1 aliphatic rings. The van der Waals surface area contributed by atoms with Crippen LogP contribution in [0.15, 0.2) is 0 Å². The van der Waals surface area contributed by atoms with Gasteiger partial charge < -0.3 is 10.1 Å². The molecule has 1 aliphatic heterocycles. The zero-order chi connectivity index (χ0) is 9.68. The predicted octanol–water partition coefficient (Wildman–Crippen LogP) is 0.441. The third-order valence-corrected chi connectivity index (χ3v) is 2.33. The molecule has 0 aromatic rings. The molecule has 0 spiro atoms. The van der Waals surface area contributed by atoms with Crippen molar-refractivity contribution in [2.24, 2.45) is 5.92 Å². The lowest BCUT2D eigenvalue weighted by atomic mass is 10.0. The largest absolute Gasteiger partial charge is 0.378 e. The summed E-state index contributed by atoms with van der Waals surface area (Å²) < 4.78 is 5.34. The average Bonchev–Trinajstić information content (AvgIpc) is 2.48. The van der Waals surface area contributed by atoms with Gasteiger partial charge in [0.1, 0.15) is 6.42 Å². The molecule has 1 rings (SSSR count). The maximum Gasteiger partial charge on any atom is 0.234 e. The van der Waals surface area contributed by atoms with Crippen LogP contribution in [0.25, 0.3) is 0 Å². The molecular weight excluding hydrogens is 168 g/mol. The van der Waals surface area contributed by atoms with Crippen molar-refractivity contribution < 1.29 is 9.53 Å². The molecule has 0 radical (unpaired) electrons. The molecule has 1 N–H and O–H groups in total. The van der Waals surface area contributed by atoms with Crippen LogP contribution in [0.5, 0.6) is 0 Å². The zero-order valence-electron chi connectivity index (χ0n) is 7.75. The summed E-state index contributed by atoms with van der Waals surface area (Å²) in [6.07, 6.45) is 1.16. The van der Waals surface area contributed by atoms with Crippen molar-refractivity contribution in [2.75, 3.05) is 13.2 Å². The van der Waals surface area contributed by atoms with Crippen LogP contribution < -0.4 is 5.32 Å². The second kappa shape index (κ2) is 4.83. The molecule has 0 aromatic carbocycles. The van der Waals surface area contributed by atoms with Crippen LogP contribution in [0.2, 0.25) is 0 Å². The first-order valence-electron chi connectivity index (χ1n) is 4.49. The Kier molecular flexibility index (Phi) is 3.71. The maximum absolute atomic E-state index is 10.9. The van der Waals surface area contributed by atoms with Crippen molar-refractivity contribution in [3.05, 3.63) is 0 Å². The lowest BCUT2D eigenvalue weighted by Gasteiger charge is -2.13. The van der Waals surface area contributed by atoms with Crippen LogP contribution in [0.4, 0.5) is 0 Å². The van der Waals surface area contributed by atoms with Crippen molar-refractivity contribution in [2.45, 2.75) is 25.9 Å². The van der Waals surface area contributed by atoms with E-state index in [-0.39, 0.29) is 18.4 Å². The molecule has 72 valence electrons. The fraction of sp³-hybridized carbons (Fsp3) is 0.778. The molecular formula is C9H14N2O2. The van der Waals surface area contributed by atoms with Gasteiger partial charge in [-0.2, -0.15) is 5.26 Å². The zero-order valence-corrected chi connectivity index (χ0v) is 7.75. The number of nitrogens with one attached hydrogen (secondary N) is 1. The van der Waals surface area contributed by atoms with Gasteiger partial charge in [-0.3, -0.25) is 4.79 Å². The highest BCUT2D eigenvalue weighted by molar-refractivity contribution is 5.77. The van der Waals surface area contributed by atoms with Gasteiger partial charge in [-0.25, -0.2) is 0 Å². The van der Waals surface area contributed by atoms with Gasteiger partial charge in [-0.15, -0.1) is 0 Å².